The number of hydrogen-bond donors (Lipinski definition) is 1. The maximum atomic E-state index is 11.8. The average molecular weight is 298 g/mol. The van der Waals surface area contributed by atoms with E-state index in [0.717, 1.165) is 0 Å². The molecular weight excluding hydrogens is 280 g/mol. The number of amides is 1. The van der Waals surface area contributed by atoms with E-state index in [4.69, 9.17) is 9.47 Å². The van der Waals surface area contributed by atoms with Crippen molar-refractivity contribution >= 4 is 11.6 Å². The zero-order valence-electron chi connectivity index (χ0n) is 11.9. The summed E-state index contributed by atoms with van der Waals surface area (Å²) in [6, 6.07) is 5.44. The quantitative estimate of drug-likeness (QED) is 0.552. The Morgan fingerprint density at radius 3 is 2.57 bits per heavy atom. The van der Waals surface area contributed by atoms with E-state index in [9.17, 15) is 20.0 Å². The highest BCUT2D eigenvalue weighted by Crippen LogP contribution is 2.17. The molecule has 0 bridgehead atoms. The van der Waals surface area contributed by atoms with Gasteiger partial charge in [-0.3, -0.25) is 14.9 Å². The minimum atomic E-state index is -0.761. The molecule has 116 valence electrons. The SMILES string of the molecule is COCC(O)CN(C)C(=O)COc1ccc([N+](=O)[O-])cc1. The molecule has 0 aromatic heterocycles. The van der Waals surface area contributed by atoms with E-state index in [2.05, 4.69) is 0 Å². The van der Waals surface area contributed by atoms with Crippen LogP contribution in [0.5, 0.6) is 5.75 Å². The van der Waals surface area contributed by atoms with Gasteiger partial charge < -0.3 is 19.5 Å². The van der Waals surface area contributed by atoms with E-state index >= 15 is 0 Å². The number of carbonyl (C=O) groups is 1. The van der Waals surface area contributed by atoms with Gasteiger partial charge in [-0.05, 0) is 12.1 Å². The number of ether oxygens (including phenoxy) is 2. The van der Waals surface area contributed by atoms with Crippen LogP contribution in [0.3, 0.4) is 0 Å². The first kappa shape index (κ1) is 16.9. The van der Waals surface area contributed by atoms with Gasteiger partial charge in [-0.1, -0.05) is 0 Å². The van der Waals surface area contributed by atoms with Crippen LogP contribution in [0.25, 0.3) is 0 Å². The fourth-order valence-corrected chi connectivity index (χ4v) is 1.58. The van der Waals surface area contributed by atoms with Gasteiger partial charge in [0.25, 0.3) is 11.6 Å². The number of aliphatic hydroxyl groups excluding tert-OH is 1. The number of aliphatic hydroxyl groups is 1. The Labute approximate surface area is 122 Å². The number of nitro benzene ring substituents is 1. The summed E-state index contributed by atoms with van der Waals surface area (Å²) >= 11 is 0. The Bertz CT molecular complexity index is 476. The summed E-state index contributed by atoms with van der Waals surface area (Å²) in [6.45, 7) is 0.0607. The van der Waals surface area contributed by atoms with Crippen molar-refractivity contribution < 1.29 is 24.3 Å². The molecule has 1 aromatic rings. The van der Waals surface area contributed by atoms with Crippen molar-refractivity contribution in [1.82, 2.24) is 4.90 Å². The molecule has 0 aliphatic heterocycles. The Kier molecular flexibility index (Phi) is 6.57. The van der Waals surface area contributed by atoms with Gasteiger partial charge in [0, 0.05) is 32.8 Å². The highest BCUT2D eigenvalue weighted by atomic mass is 16.6. The lowest BCUT2D eigenvalue weighted by molar-refractivity contribution is -0.384. The van der Waals surface area contributed by atoms with Crippen molar-refractivity contribution in [3.05, 3.63) is 34.4 Å². The van der Waals surface area contributed by atoms with Crippen LogP contribution < -0.4 is 4.74 Å². The number of nitro groups is 1. The van der Waals surface area contributed by atoms with Crippen LogP contribution in [0, 0.1) is 10.1 Å². The van der Waals surface area contributed by atoms with Crippen LogP contribution in [0.4, 0.5) is 5.69 Å². The molecule has 1 N–H and O–H groups in total. The molecule has 1 atom stereocenters. The normalized spacial score (nSPS) is 11.8. The van der Waals surface area contributed by atoms with Gasteiger partial charge in [0.15, 0.2) is 6.61 Å². The molecule has 21 heavy (non-hydrogen) atoms. The van der Waals surface area contributed by atoms with Crippen LogP contribution in [0.2, 0.25) is 0 Å². The lowest BCUT2D eigenvalue weighted by Gasteiger charge is -2.20. The van der Waals surface area contributed by atoms with Crippen LogP contribution >= 0.6 is 0 Å². The third-order valence-corrected chi connectivity index (χ3v) is 2.68. The van der Waals surface area contributed by atoms with E-state index in [-0.39, 0.29) is 31.4 Å². The van der Waals surface area contributed by atoms with Gasteiger partial charge in [0.1, 0.15) is 5.75 Å². The van der Waals surface area contributed by atoms with E-state index in [1.807, 2.05) is 0 Å². The van der Waals surface area contributed by atoms with Crippen LogP contribution in [0.15, 0.2) is 24.3 Å². The highest BCUT2D eigenvalue weighted by molar-refractivity contribution is 5.77. The fraction of sp³-hybridized carbons (Fsp3) is 0.462. The number of non-ortho nitro benzene ring substituents is 1. The second kappa shape index (κ2) is 8.18. The molecule has 1 aromatic carbocycles. The smallest absolute Gasteiger partial charge is 0.269 e. The van der Waals surface area contributed by atoms with Gasteiger partial charge in [-0.15, -0.1) is 0 Å². The zero-order chi connectivity index (χ0) is 15.8. The van der Waals surface area contributed by atoms with Gasteiger partial charge >= 0.3 is 0 Å². The van der Waals surface area contributed by atoms with Crippen molar-refractivity contribution in [3.8, 4) is 5.75 Å². The number of carbonyl (C=O) groups excluding carboxylic acids is 1. The number of benzene rings is 1. The summed E-state index contributed by atoms with van der Waals surface area (Å²) in [5.41, 5.74) is -0.0477. The van der Waals surface area contributed by atoms with Gasteiger partial charge in [0.2, 0.25) is 0 Å². The van der Waals surface area contributed by atoms with Crippen molar-refractivity contribution in [2.75, 3.05) is 33.9 Å². The first-order chi connectivity index (χ1) is 9.93. The number of methoxy groups -OCH3 is 1. The second-order valence-electron chi connectivity index (χ2n) is 4.42. The maximum absolute atomic E-state index is 11.8. The Morgan fingerprint density at radius 2 is 2.05 bits per heavy atom. The second-order valence-corrected chi connectivity index (χ2v) is 4.42. The van der Waals surface area contributed by atoms with Crippen LogP contribution in [-0.4, -0.2) is 60.9 Å². The molecule has 0 radical (unpaired) electrons. The predicted octanol–water partition coefficient (Wildman–Crippen LogP) is 0.439. The topological polar surface area (TPSA) is 102 Å². The zero-order valence-corrected chi connectivity index (χ0v) is 11.9. The minimum absolute atomic E-state index is 0.0477. The molecule has 0 saturated heterocycles. The Morgan fingerprint density at radius 1 is 1.43 bits per heavy atom. The minimum Gasteiger partial charge on any atom is -0.484 e. The third kappa shape index (κ3) is 5.76. The maximum Gasteiger partial charge on any atom is 0.269 e. The summed E-state index contributed by atoms with van der Waals surface area (Å²) < 4.78 is 10.0. The van der Waals surface area contributed by atoms with Gasteiger partial charge in [0.05, 0.1) is 17.6 Å². The summed E-state index contributed by atoms with van der Waals surface area (Å²) in [5.74, 6) is 0.0447. The Hall–Kier alpha value is -2.19. The predicted molar refractivity (Wildman–Crippen MR) is 74.1 cm³/mol. The molecule has 0 aliphatic carbocycles. The van der Waals surface area contributed by atoms with Crippen molar-refractivity contribution in [3.63, 3.8) is 0 Å². The molecule has 1 unspecified atom stereocenters. The molecule has 0 saturated carbocycles. The largest absolute Gasteiger partial charge is 0.484 e. The van der Waals surface area contributed by atoms with Crippen molar-refractivity contribution in [2.45, 2.75) is 6.10 Å². The average Bonchev–Trinajstić information content (AvgIpc) is 2.45. The number of hydrogen-bond acceptors (Lipinski definition) is 6. The molecular formula is C13H18N2O6. The molecule has 0 heterocycles. The molecule has 8 nitrogen and oxygen atoms in total. The summed E-state index contributed by atoms with van der Waals surface area (Å²) in [7, 11) is 3.00. The lowest BCUT2D eigenvalue weighted by Crippen LogP contribution is -2.38. The molecule has 0 spiro atoms. The third-order valence-electron chi connectivity index (χ3n) is 2.68. The van der Waals surface area contributed by atoms with Crippen LogP contribution in [-0.2, 0) is 9.53 Å². The standard InChI is InChI=1S/C13H18N2O6/c1-14(7-11(16)8-20-2)13(17)9-21-12-5-3-10(4-6-12)15(18)19/h3-6,11,16H,7-9H2,1-2H3. The van der Waals surface area contributed by atoms with E-state index in [0.29, 0.717) is 5.75 Å². The van der Waals surface area contributed by atoms with Gasteiger partial charge in [-0.2, -0.15) is 0 Å². The van der Waals surface area contributed by atoms with E-state index < -0.39 is 11.0 Å². The molecule has 1 rings (SSSR count). The fourth-order valence-electron chi connectivity index (χ4n) is 1.58. The molecule has 0 fully saturated rings. The lowest BCUT2D eigenvalue weighted by atomic mass is 10.3. The van der Waals surface area contributed by atoms with Crippen molar-refractivity contribution in [1.29, 1.82) is 0 Å². The summed E-state index contributed by atoms with van der Waals surface area (Å²) in [4.78, 5) is 23.1. The van der Waals surface area contributed by atoms with Crippen LogP contribution in [0.1, 0.15) is 0 Å². The Balaban J connectivity index is 2.43. The first-order valence-corrected chi connectivity index (χ1v) is 6.22. The number of likely N-dealkylation sites (N-methyl/N-ethyl adjacent to an activating group) is 1. The molecule has 1 amide bonds. The van der Waals surface area contributed by atoms with Crippen molar-refractivity contribution in [2.24, 2.45) is 0 Å². The molecule has 8 heteroatoms. The summed E-state index contributed by atoms with van der Waals surface area (Å²) in [6.07, 6.45) is -0.761. The molecule has 0 aliphatic rings. The number of rotatable bonds is 8. The highest BCUT2D eigenvalue weighted by Gasteiger charge is 2.14. The number of nitrogens with zero attached hydrogens (tertiary/aromatic N) is 2. The van der Waals surface area contributed by atoms with E-state index in [1.54, 1.807) is 7.05 Å². The first-order valence-electron chi connectivity index (χ1n) is 6.22. The van der Waals surface area contributed by atoms with E-state index in [1.165, 1.54) is 36.3 Å². The van der Waals surface area contributed by atoms with Gasteiger partial charge in [-0.25, -0.2) is 0 Å². The summed E-state index contributed by atoms with van der Waals surface area (Å²) in [5, 5.41) is 20.0. The monoisotopic (exact) mass is 298 g/mol.